The normalized spacial score (nSPS) is 16.1. The maximum Gasteiger partial charge on any atom is 0.317 e. The van der Waals surface area contributed by atoms with Crippen LogP contribution in [-0.2, 0) is 9.63 Å². The lowest BCUT2D eigenvalue weighted by molar-refractivity contribution is -0.164. The number of hydrogen-bond donors (Lipinski definition) is 1. The third-order valence-corrected chi connectivity index (χ3v) is 2.24. The summed E-state index contributed by atoms with van der Waals surface area (Å²) >= 11 is 0. The van der Waals surface area contributed by atoms with Gasteiger partial charge in [-0.2, -0.15) is 0 Å². The van der Waals surface area contributed by atoms with E-state index in [1.54, 1.807) is 4.90 Å². The van der Waals surface area contributed by atoms with Crippen molar-refractivity contribution in [2.45, 2.75) is 6.42 Å². The first-order valence-electron chi connectivity index (χ1n) is 4.83. The molecule has 6 heteroatoms. The van der Waals surface area contributed by atoms with Gasteiger partial charge in [-0.15, -0.1) is 0 Å². The van der Waals surface area contributed by atoms with Gasteiger partial charge in [-0.1, -0.05) is 0 Å². The van der Waals surface area contributed by atoms with Gasteiger partial charge in [0, 0.05) is 26.7 Å². The lowest BCUT2D eigenvalue weighted by Gasteiger charge is -2.27. The van der Waals surface area contributed by atoms with Crippen molar-refractivity contribution in [3.63, 3.8) is 0 Å². The first-order valence-corrected chi connectivity index (χ1v) is 4.83. The molecular formula is C9H16N3O3. The van der Waals surface area contributed by atoms with Crippen molar-refractivity contribution in [1.82, 2.24) is 15.3 Å². The molecule has 1 N–H and O–H groups in total. The summed E-state index contributed by atoms with van der Waals surface area (Å²) in [6.45, 7) is 1.71. The largest absolute Gasteiger partial charge is 0.338 e. The topological polar surface area (TPSA) is 61.9 Å². The molecule has 85 valence electrons. The molecule has 0 saturated carbocycles. The van der Waals surface area contributed by atoms with Crippen LogP contribution in [0.15, 0.2) is 0 Å². The van der Waals surface area contributed by atoms with E-state index in [2.05, 4.69) is 5.32 Å². The fraction of sp³-hybridized carbons (Fsp3) is 0.667. The van der Waals surface area contributed by atoms with Crippen LogP contribution < -0.4 is 5.32 Å². The summed E-state index contributed by atoms with van der Waals surface area (Å²) in [5, 5.41) is 3.82. The van der Waals surface area contributed by atoms with Crippen molar-refractivity contribution in [1.29, 1.82) is 0 Å². The lowest BCUT2D eigenvalue weighted by Crippen LogP contribution is -2.47. The molecule has 0 bridgehead atoms. The molecular weight excluding hydrogens is 198 g/mol. The Labute approximate surface area is 89.1 Å². The van der Waals surface area contributed by atoms with Gasteiger partial charge in [0.25, 0.3) is 5.91 Å². The van der Waals surface area contributed by atoms with Gasteiger partial charge in [0.15, 0.2) is 0 Å². The third kappa shape index (κ3) is 3.39. The SMILES string of the molecule is CON(C)C(=O)[CH]CN1CCCNC1=O. The highest BCUT2D eigenvalue weighted by Gasteiger charge is 2.19. The zero-order valence-electron chi connectivity index (χ0n) is 9.02. The maximum atomic E-state index is 11.3. The van der Waals surface area contributed by atoms with Gasteiger partial charge < -0.3 is 10.2 Å². The number of nitrogens with zero attached hydrogens (tertiary/aromatic N) is 2. The first kappa shape index (κ1) is 11.8. The standard InChI is InChI=1S/C9H16N3O3/c1-11(15-2)8(13)4-7-12-6-3-5-10-9(12)14/h4H,3,5-7H2,1-2H3,(H,10,14). The molecule has 0 aliphatic carbocycles. The van der Waals surface area contributed by atoms with Gasteiger partial charge in [0.05, 0.1) is 13.5 Å². The van der Waals surface area contributed by atoms with E-state index < -0.39 is 0 Å². The zero-order valence-corrected chi connectivity index (χ0v) is 9.02. The van der Waals surface area contributed by atoms with Gasteiger partial charge in [-0.05, 0) is 6.42 Å². The van der Waals surface area contributed by atoms with E-state index in [-0.39, 0.29) is 11.9 Å². The summed E-state index contributed by atoms with van der Waals surface area (Å²) in [5.74, 6) is -0.254. The van der Waals surface area contributed by atoms with Crippen LogP contribution in [0, 0.1) is 6.42 Å². The molecule has 0 aromatic heterocycles. The highest BCUT2D eigenvalue weighted by atomic mass is 16.7. The number of urea groups is 1. The fourth-order valence-electron chi connectivity index (χ4n) is 1.26. The van der Waals surface area contributed by atoms with Crippen molar-refractivity contribution in [3.05, 3.63) is 6.42 Å². The van der Waals surface area contributed by atoms with Crippen molar-refractivity contribution in [2.75, 3.05) is 33.8 Å². The molecule has 0 atom stereocenters. The molecule has 1 saturated heterocycles. The molecule has 1 aliphatic rings. The van der Waals surface area contributed by atoms with Crippen LogP contribution in [-0.4, -0.2) is 55.7 Å². The van der Waals surface area contributed by atoms with Gasteiger partial charge >= 0.3 is 6.03 Å². The highest BCUT2D eigenvalue weighted by molar-refractivity contribution is 5.85. The Morgan fingerprint density at radius 2 is 2.47 bits per heavy atom. The zero-order chi connectivity index (χ0) is 11.3. The minimum Gasteiger partial charge on any atom is -0.338 e. The molecule has 1 radical (unpaired) electrons. The van der Waals surface area contributed by atoms with Crippen molar-refractivity contribution in [2.24, 2.45) is 0 Å². The number of nitrogens with one attached hydrogen (secondary N) is 1. The molecule has 1 aliphatic heterocycles. The number of rotatable bonds is 4. The Morgan fingerprint density at radius 1 is 1.73 bits per heavy atom. The predicted molar refractivity (Wildman–Crippen MR) is 53.7 cm³/mol. The molecule has 1 heterocycles. The van der Waals surface area contributed by atoms with Crippen LogP contribution in [0.5, 0.6) is 0 Å². The molecule has 15 heavy (non-hydrogen) atoms. The second-order valence-corrected chi connectivity index (χ2v) is 3.25. The highest BCUT2D eigenvalue weighted by Crippen LogP contribution is 2.01. The van der Waals surface area contributed by atoms with E-state index in [0.717, 1.165) is 11.5 Å². The third-order valence-electron chi connectivity index (χ3n) is 2.24. The Morgan fingerprint density at radius 3 is 3.07 bits per heavy atom. The van der Waals surface area contributed by atoms with Crippen molar-refractivity contribution < 1.29 is 14.4 Å². The van der Waals surface area contributed by atoms with Crippen LogP contribution in [0.1, 0.15) is 6.42 Å². The summed E-state index contributed by atoms with van der Waals surface area (Å²) in [6, 6.07) is -0.120. The molecule has 3 amide bonds. The fourth-order valence-corrected chi connectivity index (χ4v) is 1.26. The summed E-state index contributed by atoms with van der Waals surface area (Å²) < 4.78 is 0. The molecule has 6 nitrogen and oxygen atoms in total. The monoisotopic (exact) mass is 214 g/mol. The Bertz CT molecular complexity index is 245. The Balaban J connectivity index is 2.29. The van der Waals surface area contributed by atoms with E-state index >= 15 is 0 Å². The maximum absolute atomic E-state index is 11.3. The van der Waals surface area contributed by atoms with Crippen molar-refractivity contribution in [3.8, 4) is 0 Å². The number of carbonyl (C=O) groups is 2. The number of hydrogen-bond acceptors (Lipinski definition) is 3. The van der Waals surface area contributed by atoms with Crippen LogP contribution in [0.25, 0.3) is 0 Å². The molecule has 1 rings (SSSR count). The van der Waals surface area contributed by atoms with Gasteiger partial charge in [-0.25, -0.2) is 9.86 Å². The first-order chi connectivity index (χ1) is 7.15. The van der Waals surface area contributed by atoms with E-state index in [1.165, 1.54) is 20.6 Å². The number of carbonyl (C=O) groups excluding carboxylic acids is 2. The predicted octanol–water partition coefficient (Wildman–Crippen LogP) is -0.374. The van der Waals surface area contributed by atoms with Crippen LogP contribution in [0.3, 0.4) is 0 Å². The molecule has 0 unspecified atom stereocenters. The van der Waals surface area contributed by atoms with Crippen LogP contribution >= 0.6 is 0 Å². The smallest absolute Gasteiger partial charge is 0.317 e. The molecule has 1 fully saturated rings. The second-order valence-electron chi connectivity index (χ2n) is 3.25. The molecule has 0 aromatic carbocycles. The summed E-state index contributed by atoms with van der Waals surface area (Å²) in [5.41, 5.74) is 0. The average Bonchev–Trinajstić information content (AvgIpc) is 2.26. The molecule has 0 spiro atoms. The second kappa shape index (κ2) is 5.55. The summed E-state index contributed by atoms with van der Waals surface area (Å²) in [7, 11) is 2.94. The van der Waals surface area contributed by atoms with Crippen LogP contribution in [0.4, 0.5) is 4.79 Å². The lowest BCUT2D eigenvalue weighted by atomic mass is 10.3. The number of hydroxylamine groups is 2. The average molecular weight is 214 g/mol. The van der Waals surface area contributed by atoms with E-state index in [0.29, 0.717) is 19.6 Å². The van der Waals surface area contributed by atoms with E-state index in [4.69, 9.17) is 4.84 Å². The Hall–Kier alpha value is -1.30. The minimum atomic E-state index is -0.254. The van der Waals surface area contributed by atoms with Crippen molar-refractivity contribution >= 4 is 11.9 Å². The number of amides is 3. The quantitative estimate of drug-likeness (QED) is 0.649. The minimum absolute atomic E-state index is 0.120. The Kier molecular flexibility index (Phi) is 4.36. The van der Waals surface area contributed by atoms with Gasteiger partial charge in [0.2, 0.25) is 0 Å². The molecule has 0 aromatic rings. The summed E-state index contributed by atoms with van der Waals surface area (Å²) in [6.07, 6.45) is 2.34. The van der Waals surface area contributed by atoms with E-state index in [1.807, 2.05) is 0 Å². The van der Waals surface area contributed by atoms with Gasteiger partial charge in [0.1, 0.15) is 0 Å². The summed E-state index contributed by atoms with van der Waals surface area (Å²) in [4.78, 5) is 28.9. The van der Waals surface area contributed by atoms with E-state index in [9.17, 15) is 9.59 Å². The van der Waals surface area contributed by atoms with Crippen LogP contribution in [0.2, 0.25) is 0 Å². The van der Waals surface area contributed by atoms with Gasteiger partial charge in [-0.3, -0.25) is 9.63 Å².